The van der Waals surface area contributed by atoms with Crippen LogP contribution < -0.4 is 10.6 Å². The van der Waals surface area contributed by atoms with E-state index in [-0.39, 0.29) is 18.6 Å². The highest BCUT2D eigenvalue weighted by Gasteiger charge is 2.21. The summed E-state index contributed by atoms with van der Waals surface area (Å²) in [5.41, 5.74) is 2.46. The molecule has 1 saturated carbocycles. The third kappa shape index (κ3) is 4.67. The third-order valence-electron chi connectivity index (χ3n) is 6.53. The number of H-pyrrole nitrogens is 1. The molecule has 2 amide bonds. The molecule has 35 heavy (non-hydrogen) atoms. The molecule has 0 radical (unpaired) electrons. The van der Waals surface area contributed by atoms with E-state index in [1.807, 2.05) is 0 Å². The van der Waals surface area contributed by atoms with Crippen molar-refractivity contribution in [3.63, 3.8) is 0 Å². The van der Waals surface area contributed by atoms with Gasteiger partial charge in [0, 0.05) is 40.5 Å². The second-order valence-corrected chi connectivity index (χ2v) is 8.83. The van der Waals surface area contributed by atoms with Gasteiger partial charge in [0.1, 0.15) is 5.82 Å². The number of aromatic amines is 1. The quantitative estimate of drug-likeness (QED) is 0.336. The lowest BCUT2D eigenvalue weighted by molar-refractivity contribution is 0.0937. The second-order valence-electron chi connectivity index (χ2n) is 8.83. The standard InChI is InChI=1S/C26H26FN5O3/c27-22-12-24-17(11-21(22)19-13-28-29-14-19)8-9-32(24)26(35)31-23(15-33)16-4-3-5-18(10-16)25(34)30-20-6-1-2-7-20/h3-5,8-14,20,23,33H,1-2,6-7,15H2,(H,28,29)(H,30,34)(H,31,35)/t23-/m1/s1. The minimum Gasteiger partial charge on any atom is -0.394 e. The van der Waals surface area contributed by atoms with E-state index in [0.717, 1.165) is 25.7 Å². The molecular formula is C26H26FN5O3. The number of carbonyl (C=O) groups excluding carboxylic acids is 2. The van der Waals surface area contributed by atoms with Crippen molar-refractivity contribution >= 4 is 22.8 Å². The number of aliphatic hydroxyl groups excluding tert-OH is 1. The molecule has 2 aromatic carbocycles. The van der Waals surface area contributed by atoms with Gasteiger partial charge in [-0.3, -0.25) is 14.5 Å². The largest absolute Gasteiger partial charge is 0.394 e. The van der Waals surface area contributed by atoms with Gasteiger partial charge in [-0.2, -0.15) is 5.10 Å². The van der Waals surface area contributed by atoms with Crippen LogP contribution in [0.5, 0.6) is 0 Å². The van der Waals surface area contributed by atoms with Crippen LogP contribution in [0.25, 0.3) is 22.0 Å². The van der Waals surface area contributed by atoms with Crippen molar-refractivity contribution in [1.82, 2.24) is 25.4 Å². The Labute approximate surface area is 201 Å². The molecule has 4 N–H and O–H groups in total. The molecule has 0 unspecified atom stereocenters. The van der Waals surface area contributed by atoms with Gasteiger partial charge in [-0.1, -0.05) is 25.0 Å². The molecule has 2 heterocycles. The zero-order valence-electron chi connectivity index (χ0n) is 19.0. The van der Waals surface area contributed by atoms with Crippen LogP contribution in [0.3, 0.4) is 0 Å². The Morgan fingerprint density at radius 3 is 2.77 bits per heavy atom. The maximum atomic E-state index is 14.8. The fraction of sp³-hybridized carbons (Fsp3) is 0.269. The normalized spacial score (nSPS) is 14.8. The fourth-order valence-electron chi connectivity index (χ4n) is 4.64. The van der Waals surface area contributed by atoms with E-state index in [4.69, 9.17) is 0 Å². The summed E-state index contributed by atoms with van der Waals surface area (Å²) in [6.07, 6.45) is 8.88. The van der Waals surface area contributed by atoms with Gasteiger partial charge in [-0.15, -0.1) is 0 Å². The predicted octanol–water partition coefficient (Wildman–Crippen LogP) is 4.13. The second kappa shape index (κ2) is 9.71. The number of aliphatic hydroxyl groups is 1. The van der Waals surface area contributed by atoms with Gasteiger partial charge < -0.3 is 15.7 Å². The topological polar surface area (TPSA) is 112 Å². The van der Waals surface area contributed by atoms with Crippen LogP contribution in [0.4, 0.5) is 9.18 Å². The Bertz CT molecular complexity index is 1360. The first-order valence-corrected chi connectivity index (χ1v) is 11.7. The number of nitrogens with zero attached hydrogens (tertiary/aromatic N) is 2. The SMILES string of the molecule is O=C(NC1CCCC1)c1cccc([C@@H](CO)NC(=O)n2ccc3cc(-c4cn[nH]c4)c(F)cc32)c1. The highest BCUT2D eigenvalue weighted by Crippen LogP contribution is 2.28. The van der Waals surface area contributed by atoms with E-state index >= 15 is 0 Å². The van der Waals surface area contributed by atoms with E-state index < -0.39 is 17.9 Å². The molecule has 4 aromatic rings. The summed E-state index contributed by atoms with van der Waals surface area (Å²) >= 11 is 0. The van der Waals surface area contributed by atoms with E-state index in [2.05, 4.69) is 20.8 Å². The Morgan fingerprint density at radius 1 is 1.20 bits per heavy atom. The van der Waals surface area contributed by atoms with Crippen molar-refractivity contribution in [2.45, 2.75) is 37.8 Å². The monoisotopic (exact) mass is 475 g/mol. The smallest absolute Gasteiger partial charge is 0.326 e. The Hall–Kier alpha value is -3.98. The molecule has 1 fully saturated rings. The average molecular weight is 476 g/mol. The summed E-state index contributed by atoms with van der Waals surface area (Å²) in [4.78, 5) is 25.7. The van der Waals surface area contributed by atoms with Crippen molar-refractivity contribution in [2.24, 2.45) is 0 Å². The number of hydrogen-bond donors (Lipinski definition) is 4. The van der Waals surface area contributed by atoms with Crippen LogP contribution in [0, 0.1) is 5.82 Å². The van der Waals surface area contributed by atoms with Crippen LogP contribution >= 0.6 is 0 Å². The molecular weight excluding hydrogens is 449 g/mol. The number of rotatable bonds is 6. The highest BCUT2D eigenvalue weighted by atomic mass is 19.1. The van der Waals surface area contributed by atoms with Gasteiger partial charge in [-0.05, 0) is 48.7 Å². The van der Waals surface area contributed by atoms with Gasteiger partial charge in [0.15, 0.2) is 0 Å². The number of amides is 2. The van der Waals surface area contributed by atoms with Crippen molar-refractivity contribution in [1.29, 1.82) is 0 Å². The van der Waals surface area contributed by atoms with Crippen molar-refractivity contribution in [2.75, 3.05) is 6.61 Å². The average Bonchev–Trinajstić information content (AvgIpc) is 3.64. The molecule has 180 valence electrons. The third-order valence-corrected chi connectivity index (χ3v) is 6.53. The zero-order valence-corrected chi connectivity index (χ0v) is 19.0. The van der Waals surface area contributed by atoms with Crippen LogP contribution in [-0.4, -0.2) is 44.5 Å². The molecule has 0 aliphatic heterocycles. The van der Waals surface area contributed by atoms with Crippen LogP contribution in [0.2, 0.25) is 0 Å². The minimum atomic E-state index is -0.741. The lowest BCUT2D eigenvalue weighted by atomic mass is 10.0. The Kier molecular flexibility index (Phi) is 6.33. The summed E-state index contributed by atoms with van der Waals surface area (Å²) in [5, 5.41) is 23.0. The first-order chi connectivity index (χ1) is 17.0. The Morgan fingerprint density at radius 2 is 2.03 bits per heavy atom. The minimum absolute atomic E-state index is 0.165. The molecule has 5 rings (SSSR count). The molecule has 1 aliphatic rings. The predicted molar refractivity (Wildman–Crippen MR) is 129 cm³/mol. The van der Waals surface area contributed by atoms with E-state index in [1.54, 1.807) is 48.8 Å². The molecule has 8 nitrogen and oxygen atoms in total. The first kappa shape index (κ1) is 22.8. The zero-order chi connectivity index (χ0) is 24.4. The Balaban J connectivity index is 1.35. The van der Waals surface area contributed by atoms with Crippen molar-refractivity contribution < 1.29 is 19.1 Å². The number of halogens is 1. The summed E-state index contributed by atoms with van der Waals surface area (Å²) in [6, 6.07) is 10.5. The maximum Gasteiger partial charge on any atom is 0.326 e. The molecule has 9 heteroatoms. The molecule has 0 saturated heterocycles. The summed E-state index contributed by atoms with van der Waals surface area (Å²) < 4.78 is 16.1. The number of benzene rings is 2. The molecule has 0 bridgehead atoms. The fourth-order valence-corrected chi connectivity index (χ4v) is 4.64. The van der Waals surface area contributed by atoms with E-state index in [9.17, 15) is 19.1 Å². The summed E-state index contributed by atoms with van der Waals surface area (Å²) in [5.74, 6) is -0.645. The van der Waals surface area contributed by atoms with Crippen LogP contribution in [0.1, 0.15) is 47.6 Å². The first-order valence-electron chi connectivity index (χ1n) is 11.7. The maximum absolute atomic E-state index is 14.8. The molecule has 1 atom stereocenters. The lowest BCUT2D eigenvalue weighted by Gasteiger charge is -2.19. The number of aromatic nitrogens is 3. The lowest BCUT2D eigenvalue weighted by Crippen LogP contribution is -2.34. The number of fused-ring (bicyclic) bond motifs is 1. The van der Waals surface area contributed by atoms with Crippen molar-refractivity contribution in [3.05, 3.63) is 78.0 Å². The number of hydrogen-bond acceptors (Lipinski definition) is 4. The molecule has 0 spiro atoms. The van der Waals surface area contributed by atoms with E-state index in [0.29, 0.717) is 33.2 Å². The van der Waals surface area contributed by atoms with Gasteiger partial charge in [0.05, 0.1) is 24.4 Å². The molecule has 1 aliphatic carbocycles. The summed E-state index contributed by atoms with van der Waals surface area (Å²) in [6.45, 7) is -0.363. The molecule has 2 aromatic heterocycles. The summed E-state index contributed by atoms with van der Waals surface area (Å²) in [7, 11) is 0. The van der Waals surface area contributed by atoms with Gasteiger partial charge >= 0.3 is 6.03 Å². The van der Waals surface area contributed by atoms with E-state index in [1.165, 1.54) is 16.8 Å². The van der Waals surface area contributed by atoms with Crippen LogP contribution in [-0.2, 0) is 0 Å². The van der Waals surface area contributed by atoms with Gasteiger partial charge in [0.25, 0.3) is 5.91 Å². The van der Waals surface area contributed by atoms with Gasteiger partial charge in [0.2, 0.25) is 0 Å². The number of carbonyl (C=O) groups is 2. The van der Waals surface area contributed by atoms with Gasteiger partial charge in [-0.25, -0.2) is 9.18 Å². The highest BCUT2D eigenvalue weighted by molar-refractivity contribution is 5.95. The van der Waals surface area contributed by atoms with Crippen LogP contribution in [0.15, 0.2) is 61.1 Å². The number of nitrogens with one attached hydrogen (secondary N) is 3. The van der Waals surface area contributed by atoms with Crippen molar-refractivity contribution in [3.8, 4) is 11.1 Å².